The van der Waals surface area contributed by atoms with Gasteiger partial charge in [0.05, 0.1) is 10.5 Å². The Balaban J connectivity index is 2.04. The largest absolute Gasteiger partial charge is 0.345 e. The summed E-state index contributed by atoms with van der Waals surface area (Å²) in [5.74, 6) is -0.694. The zero-order valence-corrected chi connectivity index (χ0v) is 19.8. The number of anilines is 1. The predicted octanol–water partition coefficient (Wildman–Crippen LogP) is 3.52. The number of rotatable bonds is 6. The highest BCUT2D eigenvalue weighted by Crippen LogP contribution is 2.31. The number of hydrogen-bond donors (Lipinski definition) is 4. The summed E-state index contributed by atoms with van der Waals surface area (Å²) in [6.07, 6.45) is 6.30. The van der Waals surface area contributed by atoms with Crippen LogP contribution in [0.4, 0.5) is 10.1 Å². The van der Waals surface area contributed by atoms with E-state index in [2.05, 4.69) is 28.6 Å². The molecule has 9 heteroatoms. The molecule has 7 nitrogen and oxygen atoms in total. The molecule has 1 atom stereocenters. The molecule has 32 heavy (non-hydrogen) atoms. The molecule has 0 radical (unpaired) electrons. The van der Waals surface area contributed by atoms with Crippen LogP contribution in [0.2, 0.25) is 0 Å². The van der Waals surface area contributed by atoms with Gasteiger partial charge in [-0.2, -0.15) is 5.26 Å². The zero-order chi connectivity index (χ0) is 23.6. The average molecular weight is 460 g/mol. The van der Waals surface area contributed by atoms with Crippen LogP contribution < -0.4 is 14.8 Å². The number of carbonyl (C=O) groups is 1. The third-order valence-corrected chi connectivity index (χ3v) is 7.72. The van der Waals surface area contributed by atoms with Crippen molar-refractivity contribution >= 4 is 28.0 Å². The normalized spacial score (nSPS) is 18.2. The molecule has 1 aromatic carbocycles. The van der Waals surface area contributed by atoms with E-state index in [0.717, 1.165) is 12.5 Å². The van der Waals surface area contributed by atoms with Crippen molar-refractivity contribution in [3.63, 3.8) is 0 Å². The van der Waals surface area contributed by atoms with Crippen LogP contribution in [-0.2, 0) is 17.4 Å². The Labute approximate surface area is 189 Å². The molecule has 1 aliphatic rings. The van der Waals surface area contributed by atoms with Crippen LogP contribution in [-0.4, -0.2) is 26.8 Å². The van der Waals surface area contributed by atoms with Crippen molar-refractivity contribution in [1.82, 2.24) is 14.0 Å². The molecule has 1 aromatic heterocycles. The fraction of sp³-hybridized carbons (Fsp3) is 0.391. The summed E-state index contributed by atoms with van der Waals surface area (Å²) in [5.41, 5.74) is 1.05. The van der Waals surface area contributed by atoms with E-state index in [9.17, 15) is 13.4 Å². The van der Waals surface area contributed by atoms with Gasteiger partial charge in [-0.3, -0.25) is 9.00 Å². The molecular formula is C23H30FN5O2S. The molecule has 0 unspecified atom stereocenters. The van der Waals surface area contributed by atoms with E-state index in [1.54, 1.807) is 23.9 Å². The number of aromatic nitrogens is 1. The monoisotopic (exact) mass is 459 g/mol. The Morgan fingerprint density at radius 2 is 2.06 bits per heavy atom. The van der Waals surface area contributed by atoms with Crippen molar-refractivity contribution in [2.45, 2.75) is 51.1 Å². The number of thiol groups is 1. The van der Waals surface area contributed by atoms with Crippen LogP contribution in [0.25, 0.3) is 6.08 Å². The van der Waals surface area contributed by atoms with Crippen molar-refractivity contribution in [1.29, 1.82) is 5.26 Å². The van der Waals surface area contributed by atoms with Gasteiger partial charge < -0.3 is 9.88 Å². The van der Waals surface area contributed by atoms with Crippen molar-refractivity contribution in [3.8, 4) is 6.07 Å². The van der Waals surface area contributed by atoms with E-state index in [1.807, 2.05) is 26.0 Å². The smallest absolute Gasteiger partial charge is 0.272 e. The van der Waals surface area contributed by atoms with Gasteiger partial charge in [-0.05, 0) is 44.4 Å². The highest BCUT2D eigenvalue weighted by Gasteiger charge is 2.31. The fourth-order valence-corrected chi connectivity index (χ4v) is 6.47. The average Bonchev–Trinajstić information content (AvgIpc) is 2.97. The topological polar surface area (TPSA) is 99.0 Å². The first-order valence-corrected chi connectivity index (χ1v) is 12.3. The molecular weight excluding hydrogens is 429 g/mol. The Morgan fingerprint density at radius 3 is 2.69 bits per heavy atom. The van der Waals surface area contributed by atoms with E-state index >= 15 is 0 Å². The Morgan fingerprint density at radius 1 is 1.34 bits per heavy atom. The quantitative estimate of drug-likeness (QED) is 0.498. The number of aryl methyl sites for hydroxylation is 1. The van der Waals surface area contributed by atoms with Gasteiger partial charge >= 0.3 is 0 Å². The summed E-state index contributed by atoms with van der Waals surface area (Å²) in [4.78, 5) is 13.7. The molecule has 3 N–H and O–H groups in total. The van der Waals surface area contributed by atoms with Crippen LogP contribution in [0.1, 0.15) is 55.7 Å². The molecule has 1 amide bonds. The second-order valence-electron chi connectivity index (χ2n) is 8.77. The van der Waals surface area contributed by atoms with Crippen molar-refractivity contribution in [3.05, 3.63) is 53.1 Å². The van der Waals surface area contributed by atoms with Gasteiger partial charge in [0.1, 0.15) is 17.6 Å². The van der Waals surface area contributed by atoms with Crippen LogP contribution in [0.3, 0.4) is 0 Å². The first kappa shape index (κ1) is 23.9. The number of nitrogens with one attached hydrogen (secondary N) is 3. The lowest BCUT2D eigenvalue weighted by atomic mass is 10.0. The van der Waals surface area contributed by atoms with Gasteiger partial charge in [-0.1, -0.05) is 26.0 Å². The lowest BCUT2D eigenvalue weighted by Crippen LogP contribution is -2.50. The molecule has 172 valence electrons. The van der Waals surface area contributed by atoms with E-state index < -0.39 is 22.0 Å². The molecule has 1 aliphatic heterocycles. The molecule has 0 spiro atoms. The van der Waals surface area contributed by atoms with Crippen LogP contribution >= 0.6 is 0 Å². The fourth-order valence-electron chi connectivity index (χ4n) is 3.87. The summed E-state index contributed by atoms with van der Waals surface area (Å²) in [7, 11) is -1.50. The molecule has 0 saturated heterocycles. The number of amides is 1. The van der Waals surface area contributed by atoms with Crippen molar-refractivity contribution < 1.29 is 13.4 Å². The summed E-state index contributed by atoms with van der Waals surface area (Å²) in [6, 6.07) is 5.44. The van der Waals surface area contributed by atoms with Gasteiger partial charge in [-0.15, -0.1) is 0 Å². The second kappa shape index (κ2) is 9.36. The molecule has 0 saturated carbocycles. The molecule has 2 heterocycles. The first-order chi connectivity index (χ1) is 15.0. The number of hydrogen-bond acceptors (Lipinski definition) is 3. The maximum atomic E-state index is 14.1. The minimum atomic E-state index is -3.22. The van der Waals surface area contributed by atoms with Gasteiger partial charge in [0, 0.05) is 46.9 Å². The SMILES string of the molecule is CC(C)C[C@H]1C=Cc2c(cn(C)c2C(=O)Nc2ccc(F)c(C#N)c2)[SH](=O)(NC(C)C)N1. The van der Waals surface area contributed by atoms with E-state index in [4.69, 9.17) is 5.26 Å². The van der Waals surface area contributed by atoms with Crippen LogP contribution in [0.5, 0.6) is 0 Å². The van der Waals surface area contributed by atoms with E-state index in [0.29, 0.717) is 27.8 Å². The predicted molar refractivity (Wildman–Crippen MR) is 126 cm³/mol. The third kappa shape index (κ3) is 4.99. The van der Waals surface area contributed by atoms with Gasteiger partial charge in [0.25, 0.3) is 5.91 Å². The molecule has 0 bridgehead atoms. The van der Waals surface area contributed by atoms with Crippen LogP contribution in [0, 0.1) is 23.1 Å². The summed E-state index contributed by atoms with van der Waals surface area (Å²) < 4.78 is 35.8. The summed E-state index contributed by atoms with van der Waals surface area (Å²) in [6.45, 7) is 8.06. The zero-order valence-electron chi connectivity index (χ0n) is 18.9. The number of nitriles is 1. The summed E-state index contributed by atoms with van der Waals surface area (Å²) in [5, 5.41) is 11.8. The van der Waals surface area contributed by atoms with Gasteiger partial charge in [-0.25, -0.2) is 13.8 Å². The standard InChI is InChI=1S/C23H30FN5O2S/c1-14(2)10-18-6-8-19-21(32(31,28-18)27-15(3)4)13-29(5)22(19)23(30)26-17-7-9-20(24)16(11-17)12-25/h6-9,11,13-15,18,32H,10H2,1-5H3,(H,26,30)(H2,27,28,31)/t18-/m1/s1. The third-order valence-electron chi connectivity index (χ3n) is 5.11. The number of fused-ring (bicyclic) bond motifs is 1. The minimum absolute atomic E-state index is 0.0416. The lowest BCUT2D eigenvalue weighted by Gasteiger charge is -2.31. The van der Waals surface area contributed by atoms with Gasteiger partial charge in [0.2, 0.25) is 0 Å². The highest BCUT2D eigenvalue weighted by atomic mass is 32.3. The van der Waals surface area contributed by atoms with Crippen molar-refractivity contribution in [2.75, 3.05) is 5.32 Å². The Bertz CT molecular complexity index is 1150. The molecule has 2 aromatic rings. The van der Waals surface area contributed by atoms with E-state index in [-0.39, 0.29) is 17.6 Å². The lowest BCUT2D eigenvalue weighted by molar-refractivity contribution is 0.101. The van der Waals surface area contributed by atoms with Crippen LogP contribution in [0.15, 0.2) is 35.4 Å². The number of halogens is 1. The van der Waals surface area contributed by atoms with Crippen molar-refractivity contribution in [2.24, 2.45) is 13.0 Å². The van der Waals surface area contributed by atoms with Gasteiger partial charge in [0.15, 0.2) is 0 Å². The molecule has 0 fully saturated rings. The van der Waals surface area contributed by atoms with E-state index in [1.165, 1.54) is 12.1 Å². The maximum absolute atomic E-state index is 14.1. The minimum Gasteiger partial charge on any atom is -0.345 e. The first-order valence-electron chi connectivity index (χ1n) is 10.6. The summed E-state index contributed by atoms with van der Waals surface area (Å²) >= 11 is 0. The molecule has 3 rings (SSSR count). The second-order valence-corrected chi connectivity index (χ2v) is 11.0. The Hall–Kier alpha value is -2.80. The Kier molecular flexibility index (Phi) is 6.98. The maximum Gasteiger partial charge on any atom is 0.272 e. The number of benzene rings is 1. The molecule has 0 aliphatic carbocycles. The number of carbonyl (C=O) groups excluding carboxylic acids is 1. The number of nitrogens with zero attached hydrogens (tertiary/aromatic N) is 2. The highest BCUT2D eigenvalue weighted by molar-refractivity contribution is 7.99.